The molecule has 0 aromatic carbocycles. The van der Waals surface area contributed by atoms with Crippen LogP contribution in [0.1, 0.15) is 25.7 Å². The summed E-state index contributed by atoms with van der Waals surface area (Å²) >= 11 is 0. The molecule has 0 saturated heterocycles. The van der Waals surface area contributed by atoms with Gasteiger partial charge in [-0.2, -0.15) is 0 Å². The van der Waals surface area contributed by atoms with Crippen molar-refractivity contribution < 1.29 is 9.53 Å². The fourth-order valence-corrected chi connectivity index (χ4v) is 1.34. The third-order valence-electron chi connectivity index (χ3n) is 2.32. The van der Waals surface area contributed by atoms with Gasteiger partial charge in [0.1, 0.15) is 6.04 Å². The first-order chi connectivity index (χ1) is 5.24. The van der Waals surface area contributed by atoms with Crippen LogP contribution in [0.2, 0.25) is 0 Å². The van der Waals surface area contributed by atoms with E-state index in [1.807, 2.05) is 0 Å². The van der Waals surface area contributed by atoms with E-state index in [1.54, 1.807) is 0 Å². The van der Waals surface area contributed by atoms with Crippen LogP contribution < -0.4 is 5.73 Å². The Kier molecular flexibility index (Phi) is 5.25. The first-order valence-electron chi connectivity index (χ1n) is 4.07. The Morgan fingerprint density at radius 3 is 2.58 bits per heavy atom. The molecule has 0 aromatic rings. The molecule has 3 nitrogen and oxygen atoms in total. The van der Waals surface area contributed by atoms with Crippen LogP contribution >= 0.6 is 12.4 Å². The number of hydrogen-bond acceptors (Lipinski definition) is 3. The minimum absolute atomic E-state index is 0. The zero-order valence-corrected chi connectivity index (χ0v) is 8.10. The predicted octanol–water partition coefficient (Wildman–Crippen LogP) is 1.10. The van der Waals surface area contributed by atoms with Crippen LogP contribution in [-0.2, 0) is 9.53 Å². The van der Waals surface area contributed by atoms with Gasteiger partial charge >= 0.3 is 5.97 Å². The lowest BCUT2D eigenvalue weighted by atomic mass is 9.81. The van der Waals surface area contributed by atoms with E-state index in [0.717, 1.165) is 6.42 Å². The van der Waals surface area contributed by atoms with Crippen LogP contribution in [0.15, 0.2) is 0 Å². The van der Waals surface area contributed by atoms with Gasteiger partial charge in [-0.25, -0.2) is 0 Å². The van der Waals surface area contributed by atoms with Gasteiger partial charge in [0.15, 0.2) is 0 Å². The molecule has 0 aromatic heterocycles. The number of nitrogens with two attached hydrogens (primary N) is 1. The molecule has 12 heavy (non-hydrogen) atoms. The van der Waals surface area contributed by atoms with Gasteiger partial charge in [0, 0.05) is 0 Å². The number of rotatable bonds is 3. The largest absolute Gasteiger partial charge is 0.468 e. The number of halogens is 1. The van der Waals surface area contributed by atoms with Crippen LogP contribution in [0.4, 0.5) is 0 Å². The van der Waals surface area contributed by atoms with Gasteiger partial charge in [-0.15, -0.1) is 12.4 Å². The Morgan fingerprint density at radius 2 is 2.25 bits per heavy atom. The summed E-state index contributed by atoms with van der Waals surface area (Å²) < 4.78 is 4.52. The Balaban J connectivity index is 0.00000121. The number of hydrogen-bond donors (Lipinski definition) is 1. The Hall–Kier alpha value is -0.280. The molecule has 0 aliphatic heterocycles. The smallest absolute Gasteiger partial charge is 0.322 e. The van der Waals surface area contributed by atoms with E-state index in [9.17, 15) is 4.79 Å². The van der Waals surface area contributed by atoms with Gasteiger partial charge in [0.25, 0.3) is 0 Å². The van der Waals surface area contributed by atoms with Gasteiger partial charge in [-0.3, -0.25) is 4.79 Å². The molecule has 1 atom stereocenters. The second-order valence-corrected chi connectivity index (χ2v) is 3.16. The number of carbonyl (C=O) groups excluding carboxylic acids is 1. The minimum atomic E-state index is -0.398. The second kappa shape index (κ2) is 5.38. The first kappa shape index (κ1) is 11.7. The Morgan fingerprint density at radius 1 is 1.67 bits per heavy atom. The highest BCUT2D eigenvalue weighted by Crippen LogP contribution is 2.30. The summed E-state index contributed by atoms with van der Waals surface area (Å²) in [6.07, 6.45) is 4.54. The summed E-state index contributed by atoms with van der Waals surface area (Å²) in [5.41, 5.74) is 5.56. The molecule has 72 valence electrons. The highest BCUT2D eigenvalue weighted by molar-refractivity contribution is 5.85. The van der Waals surface area contributed by atoms with E-state index >= 15 is 0 Å². The Bertz CT molecular complexity index is 148. The zero-order valence-electron chi connectivity index (χ0n) is 7.29. The van der Waals surface area contributed by atoms with Crippen molar-refractivity contribution in [3.05, 3.63) is 0 Å². The monoisotopic (exact) mass is 193 g/mol. The maximum atomic E-state index is 10.8. The predicted molar refractivity (Wildman–Crippen MR) is 49.2 cm³/mol. The summed E-state index contributed by atoms with van der Waals surface area (Å²) in [7, 11) is 1.38. The molecule has 1 saturated carbocycles. The zero-order chi connectivity index (χ0) is 8.27. The average Bonchev–Trinajstić information content (AvgIpc) is 1.94. The van der Waals surface area contributed by atoms with Crippen molar-refractivity contribution in [3.63, 3.8) is 0 Å². The standard InChI is InChI=1S/C8H15NO2.ClH/c1-11-8(10)7(9)5-6-3-2-4-6;/h6-7H,2-5,9H2,1H3;1H/t7-;/m0./s1. The molecule has 0 amide bonds. The molecule has 0 heterocycles. The SMILES string of the molecule is COC(=O)[C@@H](N)CC1CCC1.Cl. The quantitative estimate of drug-likeness (QED) is 0.683. The van der Waals surface area contributed by atoms with Gasteiger partial charge in [-0.05, 0) is 12.3 Å². The highest BCUT2D eigenvalue weighted by atomic mass is 35.5. The minimum Gasteiger partial charge on any atom is -0.468 e. The molecular weight excluding hydrogens is 178 g/mol. The molecular formula is C8H16ClNO2. The summed E-state index contributed by atoms with van der Waals surface area (Å²) in [6, 6.07) is -0.398. The number of methoxy groups -OCH3 is 1. The highest BCUT2D eigenvalue weighted by Gasteiger charge is 2.23. The first-order valence-corrected chi connectivity index (χ1v) is 4.07. The molecule has 0 radical (unpaired) electrons. The molecule has 4 heteroatoms. The maximum Gasteiger partial charge on any atom is 0.322 e. The lowest BCUT2D eigenvalue weighted by Gasteiger charge is -2.26. The molecule has 1 fully saturated rings. The normalized spacial score (nSPS) is 18.8. The van der Waals surface area contributed by atoms with Gasteiger partial charge in [-0.1, -0.05) is 19.3 Å². The van der Waals surface area contributed by atoms with Crippen molar-refractivity contribution in [1.82, 2.24) is 0 Å². The number of ether oxygens (including phenoxy) is 1. The molecule has 1 aliphatic carbocycles. The Labute approximate surface area is 79.1 Å². The summed E-state index contributed by atoms with van der Waals surface area (Å²) in [4.78, 5) is 10.8. The van der Waals surface area contributed by atoms with Crippen LogP contribution in [0.5, 0.6) is 0 Å². The van der Waals surface area contributed by atoms with Crippen molar-refractivity contribution in [2.75, 3.05) is 7.11 Å². The molecule has 0 bridgehead atoms. The third-order valence-corrected chi connectivity index (χ3v) is 2.32. The molecule has 1 rings (SSSR count). The number of esters is 1. The molecule has 0 spiro atoms. The fraction of sp³-hybridized carbons (Fsp3) is 0.875. The van der Waals surface area contributed by atoms with E-state index in [2.05, 4.69) is 4.74 Å². The van der Waals surface area contributed by atoms with Crippen molar-refractivity contribution in [2.24, 2.45) is 11.7 Å². The lowest BCUT2D eigenvalue weighted by molar-refractivity contribution is -0.142. The molecule has 2 N–H and O–H groups in total. The third kappa shape index (κ3) is 2.99. The van der Waals surface area contributed by atoms with Crippen LogP contribution in [0.25, 0.3) is 0 Å². The lowest BCUT2D eigenvalue weighted by Crippen LogP contribution is -2.35. The van der Waals surface area contributed by atoms with Gasteiger partial charge in [0.2, 0.25) is 0 Å². The van der Waals surface area contributed by atoms with E-state index in [4.69, 9.17) is 5.73 Å². The van der Waals surface area contributed by atoms with Crippen molar-refractivity contribution in [1.29, 1.82) is 0 Å². The number of carbonyl (C=O) groups is 1. The van der Waals surface area contributed by atoms with Crippen LogP contribution in [0.3, 0.4) is 0 Å². The fourth-order valence-electron chi connectivity index (χ4n) is 1.34. The van der Waals surface area contributed by atoms with Gasteiger partial charge < -0.3 is 10.5 Å². The van der Waals surface area contributed by atoms with Crippen LogP contribution in [0, 0.1) is 5.92 Å². The average molecular weight is 194 g/mol. The maximum absolute atomic E-state index is 10.8. The van der Waals surface area contributed by atoms with Gasteiger partial charge in [0.05, 0.1) is 7.11 Å². The van der Waals surface area contributed by atoms with Crippen molar-refractivity contribution >= 4 is 18.4 Å². The summed E-state index contributed by atoms with van der Waals surface area (Å²) in [5, 5.41) is 0. The summed E-state index contributed by atoms with van der Waals surface area (Å²) in [6.45, 7) is 0. The molecule has 1 aliphatic rings. The van der Waals surface area contributed by atoms with Crippen LogP contribution in [-0.4, -0.2) is 19.1 Å². The van der Waals surface area contributed by atoms with E-state index < -0.39 is 6.04 Å². The van der Waals surface area contributed by atoms with Crippen molar-refractivity contribution in [2.45, 2.75) is 31.7 Å². The van der Waals surface area contributed by atoms with E-state index in [0.29, 0.717) is 5.92 Å². The van der Waals surface area contributed by atoms with E-state index in [-0.39, 0.29) is 18.4 Å². The van der Waals surface area contributed by atoms with Crippen molar-refractivity contribution in [3.8, 4) is 0 Å². The molecule has 0 unspecified atom stereocenters. The second-order valence-electron chi connectivity index (χ2n) is 3.16. The topological polar surface area (TPSA) is 52.3 Å². The summed E-state index contributed by atoms with van der Waals surface area (Å²) in [5.74, 6) is 0.390. The van der Waals surface area contributed by atoms with E-state index in [1.165, 1.54) is 26.4 Å².